The van der Waals surface area contributed by atoms with Gasteiger partial charge in [-0.3, -0.25) is 0 Å². The van der Waals surface area contributed by atoms with Crippen molar-refractivity contribution in [3.63, 3.8) is 0 Å². The van der Waals surface area contributed by atoms with Gasteiger partial charge < -0.3 is 17.0 Å². The van der Waals surface area contributed by atoms with Crippen molar-refractivity contribution in [3.05, 3.63) is 47.8 Å². The molecule has 0 aliphatic heterocycles. The third-order valence-corrected chi connectivity index (χ3v) is 1.34. The zero-order valence-electron chi connectivity index (χ0n) is 7.61. The average molecular weight is 253 g/mol. The molecular formula is C10H10BrFMg. The molecule has 0 N–H and O–H groups in total. The first-order chi connectivity index (χ1) is 5.18. The van der Waals surface area contributed by atoms with Crippen molar-refractivity contribution >= 4 is 23.1 Å². The van der Waals surface area contributed by atoms with Crippen LogP contribution in [-0.2, 0) is 6.42 Å². The van der Waals surface area contributed by atoms with Crippen molar-refractivity contribution in [1.82, 2.24) is 0 Å². The molecule has 0 radical (unpaired) electrons. The van der Waals surface area contributed by atoms with Crippen LogP contribution in [0.25, 0.3) is 0 Å². The number of hydrogen-bond donors (Lipinski definition) is 0. The monoisotopic (exact) mass is 252 g/mol. The molecule has 0 aromatic heterocycles. The number of halogens is 2. The summed E-state index contributed by atoms with van der Waals surface area (Å²) in [5.74, 6) is -0.302. The molecule has 0 heterocycles. The predicted octanol–water partition coefficient (Wildman–Crippen LogP) is -0.632. The first-order valence-electron chi connectivity index (χ1n) is 3.49. The van der Waals surface area contributed by atoms with E-state index >= 15 is 0 Å². The van der Waals surface area contributed by atoms with Gasteiger partial charge in [-0.2, -0.15) is 17.7 Å². The molecule has 0 amide bonds. The standard InChI is InChI=1S/C10H10F.BrH.Mg/c1-8(2)6-9-4-3-5-10(11)7-9;;/h3-4,7H,1,6H2,2H3;1H;/q-1;;+2/p-1. The average Bonchev–Trinajstić information content (AvgIpc) is 1.85. The molecule has 66 valence electrons. The fourth-order valence-corrected chi connectivity index (χ4v) is 0.939. The minimum absolute atomic E-state index is 0. The summed E-state index contributed by atoms with van der Waals surface area (Å²) in [7, 11) is 0. The molecule has 0 aliphatic rings. The summed E-state index contributed by atoms with van der Waals surface area (Å²) in [5.41, 5.74) is 1.99. The molecular weight excluding hydrogens is 243 g/mol. The second-order valence-electron chi connectivity index (χ2n) is 2.68. The van der Waals surface area contributed by atoms with E-state index in [9.17, 15) is 4.39 Å². The van der Waals surface area contributed by atoms with Crippen LogP contribution in [0.15, 0.2) is 30.4 Å². The summed E-state index contributed by atoms with van der Waals surface area (Å²) in [6.45, 7) is 5.67. The van der Waals surface area contributed by atoms with Gasteiger partial charge in [-0.05, 0) is 13.3 Å². The van der Waals surface area contributed by atoms with Crippen molar-refractivity contribution in [2.45, 2.75) is 13.3 Å². The van der Waals surface area contributed by atoms with Crippen molar-refractivity contribution in [2.75, 3.05) is 0 Å². The van der Waals surface area contributed by atoms with Gasteiger partial charge in [-0.25, -0.2) is 4.39 Å². The molecule has 0 spiro atoms. The molecule has 0 saturated heterocycles. The first-order valence-corrected chi connectivity index (χ1v) is 3.49. The maximum Gasteiger partial charge on any atom is 2.00 e. The summed E-state index contributed by atoms with van der Waals surface area (Å²) in [6.07, 6.45) is 0.742. The van der Waals surface area contributed by atoms with Crippen molar-refractivity contribution in [1.29, 1.82) is 0 Å². The van der Waals surface area contributed by atoms with Crippen LogP contribution in [0.5, 0.6) is 0 Å². The molecule has 0 bridgehead atoms. The maximum absolute atomic E-state index is 12.5. The largest absolute Gasteiger partial charge is 2.00 e. The molecule has 0 nitrogen and oxygen atoms in total. The van der Waals surface area contributed by atoms with Crippen LogP contribution in [0.1, 0.15) is 12.5 Å². The van der Waals surface area contributed by atoms with Crippen molar-refractivity contribution in [2.24, 2.45) is 0 Å². The Morgan fingerprint density at radius 3 is 2.69 bits per heavy atom. The van der Waals surface area contributed by atoms with E-state index in [4.69, 9.17) is 0 Å². The van der Waals surface area contributed by atoms with Crippen LogP contribution < -0.4 is 17.0 Å². The van der Waals surface area contributed by atoms with Gasteiger partial charge in [-0.15, -0.1) is 12.1 Å². The Balaban J connectivity index is 0. The number of benzene rings is 1. The molecule has 13 heavy (non-hydrogen) atoms. The van der Waals surface area contributed by atoms with E-state index in [1.165, 1.54) is 6.07 Å². The van der Waals surface area contributed by atoms with Gasteiger partial charge in [0.2, 0.25) is 0 Å². The minimum atomic E-state index is -0.302. The molecule has 0 atom stereocenters. The second-order valence-corrected chi connectivity index (χ2v) is 2.68. The van der Waals surface area contributed by atoms with Crippen molar-refractivity contribution in [3.8, 4) is 0 Å². The van der Waals surface area contributed by atoms with Gasteiger partial charge in [0.1, 0.15) is 0 Å². The Morgan fingerprint density at radius 2 is 2.23 bits per heavy atom. The number of rotatable bonds is 2. The smallest absolute Gasteiger partial charge is 1.00 e. The molecule has 0 aliphatic carbocycles. The summed E-state index contributed by atoms with van der Waals surface area (Å²) in [5, 5.41) is 0. The van der Waals surface area contributed by atoms with Gasteiger partial charge >= 0.3 is 23.1 Å². The van der Waals surface area contributed by atoms with Crippen LogP contribution in [-0.4, -0.2) is 23.1 Å². The Morgan fingerprint density at radius 1 is 1.62 bits per heavy atom. The van der Waals surface area contributed by atoms with Gasteiger partial charge in [0, 0.05) is 5.82 Å². The zero-order chi connectivity index (χ0) is 8.27. The van der Waals surface area contributed by atoms with Crippen molar-refractivity contribution < 1.29 is 21.4 Å². The van der Waals surface area contributed by atoms with Crippen LogP contribution >= 0.6 is 0 Å². The van der Waals surface area contributed by atoms with Gasteiger partial charge in [0.15, 0.2) is 0 Å². The third kappa shape index (κ3) is 6.24. The first kappa shape index (κ1) is 15.6. The van der Waals surface area contributed by atoms with E-state index < -0.39 is 0 Å². The van der Waals surface area contributed by atoms with E-state index in [0.29, 0.717) is 0 Å². The molecule has 0 fully saturated rings. The van der Waals surface area contributed by atoms with Gasteiger partial charge in [0.25, 0.3) is 0 Å². The third-order valence-electron chi connectivity index (χ3n) is 1.34. The van der Waals surface area contributed by atoms with E-state index in [2.05, 4.69) is 12.6 Å². The summed E-state index contributed by atoms with van der Waals surface area (Å²) in [4.78, 5) is 0. The summed E-state index contributed by atoms with van der Waals surface area (Å²) < 4.78 is 12.5. The fourth-order valence-electron chi connectivity index (χ4n) is 0.939. The molecule has 3 heteroatoms. The van der Waals surface area contributed by atoms with Crippen LogP contribution in [0.4, 0.5) is 4.39 Å². The summed E-state index contributed by atoms with van der Waals surface area (Å²) >= 11 is 0. The Labute approximate surface area is 105 Å². The van der Waals surface area contributed by atoms with Gasteiger partial charge in [-0.1, -0.05) is 12.2 Å². The Kier molecular flexibility index (Phi) is 9.04. The van der Waals surface area contributed by atoms with Crippen LogP contribution in [0.2, 0.25) is 0 Å². The molecule has 1 aromatic carbocycles. The van der Waals surface area contributed by atoms with E-state index in [0.717, 1.165) is 17.6 Å². The van der Waals surface area contributed by atoms with E-state index in [1.807, 2.05) is 13.0 Å². The minimum Gasteiger partial charge on any atom is -1.00 e. The van der Waals surface area contributed by atoms with Crippen LogP contribution in [0, 0.1) is 11.9 Å². The second kappa shape index (κ2) is 7.53. The van der Waals surface area contributed by atoms with Crippen LogP contribution in [0.3, 0.4) is 0 Å². The quantitative estimate of drug-likeness (QED) is 0.374. The molecule has 0 saturated carbocycles. The number of allylic oxidation sites excluding steroid dienone is 1. The fraction of sp³-hybridized carbons (Fsp3) is 0.200. The van der Waals surface area contributed by atoms with E-state index in [1.54, 1.807) is 6.07 Å². The normalized spacial score (nSPS) is 8.15. The predicted molar refractivity (Wildman–Crippen MR) is 49.5 cm³/mol. The topological polar surface area (TPSA) is 0 Å². The number of hydrogen-bond acceptors (Lipinski definition) is 0. The Bertz CT molecular complexity index is 273. The zero-order valence-corrected chi connectivity index (χ0v) is 10.6. The van der Waals surface area contributed by atoms with E-state index in [-0.39, 0.29) is 45.9 Å². The van der Waals surface area contributed by atoms with Gasteiger partial charge in [0.05, 0.1) is 0 Å². The SMILES string of the molecule is C=C(C)Cc1cc[c-]c(F)c1.[Br-].[Mg+2]. The molecule has 0 unspecified atom stereocenters. The summed E-state index contributed by atoms with van der Waals surface area (Å²) in [6, 6.07) is 7.37. The molecule has 1 rings (SSSR count). The molecule has 1 aromatic rings. The maximum atomic E-state index is 12.5. The Hall–Kier alpha value is 0.136.